The molecular formula is C22H24N2O5. The van der Waals surface area contributed by atoms with Gasteiger partial charge in [-0.1, -0.05) is 36.4 Å². The van der Waals surface area contributed by atoms with Crippen LogP contribution in [-0.4, -0.2) is 62.7 Å². The third-order valence-electron chi connectivity index (χ3n) is 6.07. The van der Waals surface area contributed by atoms with Gasteiger partial charge in [-0.15, -0.1) is 0 Å². The van der Waals surface area contributed by atoms with Gasteiger partial charge in [0.25, 0.3) is 0 Å². The quantitative estimate of drug-likeness (QED) is 0.453. The molecule has 5 rings (SSSR count). The van der Waals surface area contributed by atoms with Crippen LogP contribution in [0.15, 0.2) is 54.6 Å². The molecule has 3 aromatic rings. The Balaban J connectivity index is 1.58. The first-order valence-corrected chi connectivity index (χ1v) is 9.83. The molecule has 0 aliphatic carbocycles. The Morgan fingerprint density at radius 1 is 0.966 bits per heavy atom. The Morgan fingerprint density at radius 2 is 1.72 bits per heavy atom. The minimum absolute atomic E-state index is 0.152. The van der Waals surface area contributed by atoms with Crippen molar-refractivity contribution >= 4 is 16.6 Å². The minimum atomic E-state index is -1.41. The van der Waals surface area contributed by atoms with E-state index in [4.69, 9.17) is 4.74 Å². The second kappa shape index (κ2) is 7.12. The van der Waals surface area contributed by atoms with Gasteiger partial charge in [-0.25, -0.2) is 0 Å². The van der Waals surface area contributed by atoms with Crippen molar-refractivity contribution in [3.8, 4) is 0 Å². The summed E-state index contributed by atoms with van der Waals surface area (Å²) >= 11 is 0. The number of anilines is 1. The SMILES string of the molecule is OC[C@H]1OC(N2c3ccccc3CC2c2cc3ccccc3[nH]2)[C@H](O)[C@@H](O)[C@@H]1O. The number of aromatic nitrogens is 1. The number of benzene rings is 2. The lowest BCUT2D eigenvalue weighted by molar-refractivity contribution is -0.229. The van der Waals surface area contributed by atoms with Crippen LogP contribution in [0.1, 0.15) is 17.3 Å². The maximum atomic E-state index is 10.7. The third-order valence-corrected chi connectivity index (χ3v) is 6.07. The number of hydrogen-bond acceptors (Lipinski definition) is 6. The average molecular weight is 396 g/mol. The number of aliphatic hydroxyl groups is 4. The second-order valence-corrected chi connectivity index (χ2v) is 7.79. The van der Waals surface area contributed by atoms with Gasteiger partial charge in [-0.3, -0.25) is 0 Å². The van der Waals surface area contributed by atoms with Gasteiger partial charge in [-0.2, -0.15) is 0 Å². The maximum absolute atomic E-state index is 10.7. The highest BCUT2D eigenvalue weighted by Crippen LogP contribution is 2.44. The van der Waals surface area contributed by atoms with Crippen molar-refractivity contribution in [3.05, 3.63) is 65.9 Å². The predicted octanol–water partition coefficient (Wildman–Crippen LogP) is 1.07. The standard InChI is InChI=1S/C22H24N2O5/c25-11-18-19(26)20(27)21(28)22(29-18)24-16-8-4-2-6-13(16)10-17(24)15-9-12-5-1-3-7-14(12)23-15/h1-9,17-23,25-28H,10-11H2/t17?,18-,19-,20+,21-,22?/m1/s1. The van der Waals surface area contributed by atoms with Gasteiger partial charge in [0.15, 0.2) is 6.23 Å². The lowest BCUT2D eigenvalue weighted by Gasteiger charge is -2.46. The lowest BCUT2D eigenvalue weighted by atomic mass is 9.97. The summed E-state index contributed by atoms with van der Waals surface area (Å²) in [7, 11) is 0. The van der Waals surface area contributed by atoms with E-state index >= 15 is 0 Å². The Bertz CT molecular complexity index is 986. The van der Waals surface area contributed by atoms with E-state index < -0.39 is 37.3 Å². The van der Waals surface area contributed by atoms with Crippen molar-refractivity contribution in [3.63, 3.8) is 0 Å². The maximum Gasteiger partial charge on any atom is 0.160 e. The highest BCUT2D eigenvalue weighted by molar-refractivity contribution is 5.81. The Labute approximate surface area is 167 Å². The molecule has 1 fully saturated rings. The Morgan fingerprint density at radius 3 is 2.52 bits per heavy atom. The number of hydrogen-bond donors (Lipinski definition) is 5. The summed E-state index contributed by atoms with van der Waals surface area (Å²) in [5, 5.41) is 41.9. The summed E-state index contributed by atoms with van der Waals surface area (Å²) < 4.78 is 5.90. The van der Waals surface area contributed by atoms with Crippen molar-refractivity contribution in [1.82, 2.24) is 4.98 Å². The molecule has 1 saturated heterocycles. The highest BCUT2D eigenvalue weighted by Gasteiger charge is 2.49. The number of para-hydroxylation sites is 2. The van der Waals surface area contributed by atoms with Crippen LogP contribution in [0.25, 0.3) is 10.9 Å². The van der Waals surface area contributed by atoms with Crippen molar-refractivity contribution in [2.45, 2.75) is 43.1 Å². The Hall–Kier alpha value is -2.42. The zero-order chi connectivity index (χ0) is 20.1. The fraction of sp³-hybridized carbons (Fsp3) is 0.364. The molecule has 0 amide bonds. The van der Waals surface area contributed by atoms with E-state index in [1.165, 1.54) is 0 Å². The third kappa shape index (κ3) is 2.94. The summed E-state index contributed by atoms with van der Waals surface area (Å²) in [5.74, 6) is 0. The molecule has 152 valence electrons. The molecule has 2 unspecified atom stereocenters. The van der Waals surface area contributed by atoms with Crippen LogP contribution in [0.5, 0.6) is 0 Å². The van der Waals surface area contributed by atoms with Crippen LogP contribution in [0.4, 0.5) is 5.69 Å². The first-order chi connectivity index (χ1) is 14.1. The summed E-state index contributed by atoms with van der Waals surface area (Å²) in [4.78, 5) is 5.41. The van der Waals surface area contributed by atoms with Crippen LogP contribution in [0, 0.1) is 0 Å². The minimum Gasteiger partial charge on any atom is -0.394 e. The monoisotopic (exact) mass is 396 g/mol. The Kier molecular flexibility index (Phi) is 4.57. The van der Waals surface area contributed by atoms with E-state index in [-0.39, 0.29) is 6.04 Å². The molecule has 29 heavy (non-hydrogen) atoms. The molecule has 5 N–H and O–H groups in total. The van der Waals surface area contributed by atoms with Crippen molar-refractivity contribution in [1.29, 1.82) is 0 Å². The number of rotatable bonds is 3. The lowest BCUT2D eigenvalue weighted by Crippen LogP contribution is -2.63. The van der Waals surface area contributed by atoms with Crippen LogP contribution in [-0.2, 0) is 11.2 Å². The van der Waals surface area contributed by atoms with Crippen LogP contribution in [0.3, 0.4) is 0 Å². The highest BCUT2D eigenvalue weighted by atomic mass is 16.6. The van der Waals surface area contributed by atoms with Crippen molar-refractivity contribution in [2.75, 3.05) is 11.5 Å². The molecule has 2 aromatic carbocycles. The van der Waals surface area contributed by atoms with E-state index in [1.807, 2.05) is 53.4 Å². The largest absolute Gasteiger partial charge is 0.394 e. The molecule has 2 aliphatic rings. The van der Waals surface area contributed by atoms with Gasteiger partial charge in [-0.05, 0) is 29.1 Å². The van der Waals surface area contributed by atoms with Gasteiger partial charge >= 0.3 is 0 Å². The molecule has 0 bridgehead atoms. The number of fused-ring (bicyclic) bond motifs is 2. The average Bonchev–Trinajstić information content (AvgIpc) is 3.34. The fourth-order valence-electron chi connectivity index (χ4n) is 4.57. The number of H-pyrrole nitrogens is 1. The van der Waals surface area contributed by atoms with Gasteiger partial charge < -0.3 is 35.0 Å². The number of nitrogens with one attached hydrogen (secondary N) is 1. The van der Waals surface area contributed by atoms with Gasteiger partial charge in [0.2, 0.25) is 0 Å². The zero-order valence-corrected chi connectivity index (χ0v) is 15.7. The van der Waals surface area contributed by atoms with Gasteiger partial charge in [0, 0.05) is 23.3 Å². The zero-order valence-electron chi connectivity index (χ0n) is 15.7. The number of ether oxygens (including phenoxy) is 1. The van der Waals surface area contributed by atoms with Crippen LogP contribution >= 0.6 is 0 Å². The smallest absolute Gasteiger partial charge is 0.160 e. The topological polar surface area (TPSA) is 109 Å². The molecule has 6 atom stereocenters. The summed E-state index contributed by atoms with van der Waals surface area (Å²) in [6, 6.07) is 17.8. The van der Waals surface area contributed by atoms with E-state index in [0.29, 0.717) is 6.42 Å². The van der Waals surface area contributed by atoms with E-state index in [2.05, 4.69) is 11.1 Å². The summed E-state index contributed by atoms with van der Waals surface area (Å²) in [6.07, 6.45) is -5.28. The van der Waals surface area contributed by atoms with Gasteiger partial charge in [0.05, 0.1) is 12.6 Å². The molecule has 1 aromatic heterocycles. The molecule has 0 spiro atoms. The van der Waals surface area contributed by atoms with Gasteiger partial charge in [0.1, 0.15) is 24.4 Å². The molecule has 7 heteroatoms. The number of aromatic amines is 1. The number of aliphatic hydroxyl groups excluding tert-OH is 4. The molecule has 7 nitrogen and oxygen atoms in total. The fourth-order valence-corrected chi connectivity index (χ4v) is 4.57. The molecular weight excluding hydrogens is 372 g/mol. The van der Waals surface area contributed by atoms with Crippen LogP contribution in [0.2, 0.25) is 0 Å². The first-order valence-electron chi connectivity index (χ1n) is 9.83. The summed E-state index contributed by atoms with van der Waals surface area (Å²) in [6.45, 7) is -0.450. The van der Waals surface area contributed by atoms with Crippen molar-refractivity contribution in [2.24, 2.45) is 0 Å². The normalized spacial score (nSPS) is 31.9. The van der Waals surface area contributed by atoms with E-state index in [9.17, 15) is 20.4 Å². The molecule has 0 saturated carbocycles. The first kappa shape index (κ1) is 18.6. The molecule has 2 aliphatic heterocycles. The number of nitrogens with zero attached hydrogens (tertiary/aromatic N) is 1. The predicted molar refractivity (Wildman–Crippen MR) is 107 cm³/mol. The van der Waals surface area contributed by atoms with Crippen molar-refractivity contribution < 1.29 is 25.2 Å². The van der Waals surface area contributed by atoms with E-state index in [0.717, 1.165) is 27.8 Å². The van der Waals surface area contributed by atoms with E-state index in [1.54, 1.807) is 0 Å². The summed E-state index contributed by atoms with van der Waals surface area (Å²) in [5.41, 5.74) is 4.00. The molecule has 0 radical (unpaired) electrons. The van der Waals surface area contributed by atoms with Crippen LogP contribution < -0.4 is 4.90 Å². The molecule has 3 heterocycles. The second-order valence-electron chi connectivity index (χ2n) is 7.79.